The van der Waals surface area contributed by atoms with Gasteiger partial charge in [0.25, 0.3) is 0 Å². The molecule has 4 aliphatic rings. The van der Waals surface area contributed by atoms with Crippen molar-refractivity contribution < 1.29 is 0 Å². The van der Waals surface area contributed by atoms with E-state index in [1.54, 1.807) is 16.7 Å². The zero-order chi connectivity index (χ0) is 11.2. The van der Waals surface area contributed by atoms with Gasteiger partial charge in [0.1, 0.15) is 0 Å². The Bertz CT molecular complexity index is 421. The molecule has 0 N–H and O–H groups in total. The van der Waals surface area contributed by atoms with Crippen LogP contribution in [-0.2, 0) is 0 Å². The molecule has 2 fully saturated rings. The lowest BCUT2D eigenvalue weighted by atomic mass is 9.81. The van der Waals surface area contributed by atoms with Crippen LogP contribution in [0.4, 0.5) is 0 Å². The molecule has 0 amide bonds. The van der Waals surface area contributed by atoms with Crippen LogP contribution in [0.25, 0.3) is 0 Å². The van der Waals surface area contributed by atoms with Gasteiger partial charge in [0.2, 0.25) is 0 Å². The second-order valence-corrected chi connectivity index (χ2v) is 6.44. The van der Waals surface area contributed by atoms with Gasteiger partial charge in [-0.1, -0.05) is 36.6 Å². The molecule has 0 nitrogen and oxygen atoms in total. The molecule has 4 rings (SSSR count). The third-order valence-electron chi connectivity index (χ3n) is 5.41. The first-order valence-corrected chi connectivity index (χ1v) is 7.53. The number of fused-ring (bicyclic) bond motifs is 2. The molecule has 0 radical (unpaired) electrons. The fraction of sp³-hybridized carbons (Fsp3) is 0.647. The van der Waals surface area contributed by atoms with Gasteiger partial charge in [-0.05, 0) is 67.4 Å². The van der Waals surface area contributed by atoms with Gasteiger partial charge in [-0.25, -0.2) is 0 Å². The first-order chi connectivity index (χ1) is 8.40. The molecule has 0 spiro atoms. The number of hydrogen-bond acceptors (Lipinski definition) is 0. The van der Waals surface area contributed by atoms with Crippen LogP contribution in [0, 0.1) is 17.8 Å². The van der Waals surface area contributed by atoms with Gasteiger partial charge < -0.3 is 0 Å². The minimum atomic E-state index is 0.827. The summed E-state index contributed by atoms with van der Waals surface area (Å²) in [6.45, 7) is 0. The summed E-state index contributed by atoms with van der Waals surface area (Å²) in [7, 11) is 0. The van der Waals surface area contributed by atoms with Crippen LogP contribution in [0.2, 0.25) is 0 Å². The monoisotopic (exact) mass is 226 g/mol. The van der Waals surface area contributed by atoms with E-state index in [1.165, 1.54) is 51.4 Å². The van der Waals surface area contributed by atoms with Crippen LogP contribution in [-0.4, -0.2) is 0 Å². The Morgan fingerprint density at radius 2 is 1.88 bits per heavy atom. The Kier molecular flexibility index (Phi) is 2.31. The average molecular weight is 226 g/mol. The molecule has 0 aromatic heterocycles. The smallest absolute Gasteiger partial charge is 0.00107 e. The Morgan fingerprint density at radius 1 is 0.941 bits per heavy atom. The van der Waals surface area contributed by atoms with E-state index in [-0.39, 0.29) is 0 Å². The molecule has 2 saturated carbocycles. The maximum Gasteiger partial charge on any atom is -0.00107 e. The second kappa shape index (κ2) is 3.86. The summed E-state index contributed by atoms with van der Waals surface area (Å²) in [6, 6.07) is 0. The summed E-state index contributed by atoms with van der Waals surface area (Å²) in [5, 5.41) is 0. The summed E-state index contributed by atoms with van der Waals surface area (Å²) in [5.74, 6) is 2.76. The van der Waals surface area contributed by atoms with Crippen molar-refractivity contribution in [3.05, 3.63) is 34.9 Å². The zero-order valence-electron chi connectivity index (χ0n) is 10.6. The van der Waals surface area contributed by atoms with Crippen molar-refractivity contribution in [2.75, 3.05) is 0 Å². The van der Waals surface area contributed by atoms with Crippen LogP contribution in [0.5, 0.6) is 0 Å². The second-order valence-electron chi connectivity index (χ2n) is 6.44. The van der Waals surface area contributed by atoms with E-state index in [2.05, 4.69) is 18.2 Å². The lowest BCUT2D eigenvalue weighted by Gasteiger charge is -2.24. The number of rotatable bonds is 1. The fourth-order valence-electron chi connectivity index (χ4n) is 4.46. The topological polar surface area (TPSA) is 0 Å². The molecule has 0 heteroatoms. The van der Waals surface area contributed by atoms with Crippen molar-refractivity contribution in [3.8, 4) is 0 Å². The highest BCUT2D eigenvalue weighted by atomic mass is 14.4. The zero-order valence-corrected chi connectivity index (χ0v) is 10.6. The van der Waals surface area contributed by atoms with Crippen LogP contribution in [0.3, 0.4) is 0 Å². The molecule has 3 atom stereocenters. The minimum absolute atomic E-state index is 0.827. The molecule has 17 heavy (non-hydrogen) atoms. The van der Waals surface area contributed by atoms with Gasteiger partial charge in [-0.15, -0.1) is 0 Å². The SMILES string of the molecule is C1=C(C2=CC3CCCCC3C2)C=C2CCCC12. The van der Waals surface area contributed by atoms with Crippen molar-refractivity contribution in [3.63, 3.8) is 0 Å². The Morgan fingerprint density at radius 3 is 2.76 bits per heavy atom. The summed E-state index contributed by atoms with van der Waals surface area (Å²) in [6.07, 6.45) is 19.2. The summed E-state index contributed by atoms with van der Waals surface area (Å²) in [4.78, 5) is 0. The van der Waals surface area contributed by atoms with Crippen molar-refractivity contribution in [2.45, 2.75) is 51.4 Å². The highest BCUT2D eigenvalue weighted by molar-refractivity contribution is 5.50. The van der Waals surface area contributed by atoms with Crippen LogP contribution >= 0.6 is 0 Å². The molecule has 0 aromatic carbocycles. The molecule has 0 heterocycles. The van der Waals surface area contributed by atoms with Gasteiger partial charge in [0.05, 0.1) is 0 Å². The van der Waals surface area contributed by atoms with E-state index in [9.17, 15) is 0 Å². The summed E-state index contributed by atoms with van der Waals surface area (Å²) in [5.41, 5.74) is 5.04. The average Bonchev–Trinajstić information content (AvgIpc) is 3.01. The third-order valence-corrected chi connectivity index (χ3v) is 5.41. The van der Waals surface area contributed by atoms with Crippen LogP contribution < -0.4 is 0 Å². The molecule has 4 aliphatic carbocycles. The van der Waals surface area contributed by atoms with Crippen molar-refractivity contribution in [1.82, 2.24) is 0 Å². The van der Waals surface area contributed by atoms with Crippen LogP contribution in [0.15, 0.2) is 34.9 Å². The highest BCUT2D eigenvalue weighted by Crippen LogP contribution is 2.46. The third kappa shape index (κ3) is 1.64. The minimum Gasteiger partial charge on any atom is -0.0773 e. The van der Waals surface area contributed by atoms with Gasteiger partial charge in [0.15, 0.2) is 0 Å². The largest absolute Gasteiger partial charge is 0.0773 e. The van der Waals surface area contributed by atoms with Crippen LogP contribution in [0.1, 0.15) is 51.4 Å². The van der Waals surface area contributed by atoms with Gasteiger partial charge >= 0.3 is 0 Å². The highest BCUT2D eigenvalue weighted by Gasteiger charge is 2.32. The Hall–Kier alpha value is -0.780. The predicted molar refractivity (Wildman–Crippen MR) is 71.7 cm³/mol. The quantitative estimate of drug-likeness (QED) is 0.603. The summed E-state index contributed by atoms with van der Waals surface area (Å²) < 4.78 is 0. The number of hydrogen-bond donors (Lipinski definition) is 0. The molecule has 0 bridgehead atoms. The fourth-order valence-corrected chi connectivity index (χ4v) is 4.46. The maximum absolute atomic E-state index is 2.63. The molecule has 0 saturated heterocycles. The van der Waals surface area contributed by atoms with Gasteiger partial charge in [0, 0.05) is 0 Å². The van der Waals surface area contributed by atoms with E-state index < -0.39 is 0 Å². The van der Waals surface area contributed by atoms with Crippen molar-refractivity contribution in [2.24, 2.45) is 17.8 Å². The predicted octanol–water partition coefficient (Wildman–Crippen LogP) is 4.79. The Labute approximate surface area is 104 Å². The lowest BCUT2D eigenvalue weighted by molar-refractivity contribution is 0.303. The molecular formula is C17H22. The van der Waals surface area contributed by atoms with E-state index in [1.807, 2.05) is 0 Å². The molecule has 90 valence electrons. The lowest BCUT2D eigenvalue weighted by Crippen LogP contribution is -2.12. The normalized spacial score (nSPS) is 39.5. The molecule has 0 aromatic rings. The molecular weight excluding hydrogens is 204 g/mol. The van der Waals surface area contributed by atoms with E-state index in [0.717, 1.165) is 17.8 Å². The maximum atomic E-state index is 2.63. The van der Waals surface area contributed by atoms with Crippen molar-refractivity contribution >= 4 is 0 Å². The first-order valence-electron chi connectivity index (χ1n) is 7.53. The van der Waals surface area contributed by atoms with E-state index in [0.29, 0.717) is 0 Å². The molecule has 0 aliphatic heterocycles. The van der Waals surface area contributed by atoms with Crippen molar-refractivity contribution in [1.29, 1.82) is 0 Å². The van der Waals surface area contributed by atoms with E-state index in [4.69, 9.17) is 0 Å². The van der Waals surface area contributed by atoms with Gasteiger partial charge in [-0.2, -0.15) is 0 Å². The molecule has 3 unspecified atom stereocenters. The van der Waals surface area contributed by atoms with Gasteiger partial charge in [-0.3, -0.25) is 0 Å². The standard InChI is InChI=1S/C17H22/c1-2-5-13-9-16(8-12(13)4-1)17-10-14-6-3-7-15(14)11-17/h8,10-14H,1-7,9H2. The Balaban J connectivity index is 1.57. The summed E-state index contributed by atoms with van der Waals surface area (Å²) >= 11 is 0. The first kappa shape index (κ1) is 10.2. The number of allylic oxidation sites excluding steroid dienone is 6. The van der Waals surface area contributed by atoms with E-state index >= 15 is 0 Å².